The molecule has 0 radical (unpaired) electrons. The van der Waals surface area contributed by atoms with Gasteiger partial charge in [0.25, 0.3) is 0 Å². The fraction of sp³-hybridized carbons (Fsp3) is 0.278. The average Bonchev–Trinajstić information content (AvgIpc) is 2.60. The number of carbonyl (C=O) groups excluding carboxylic acids is 1. The number of nitrogens with two attached hydrogens (primary N) is 1. The van der Waals surface area contributed by atoms with Crippen LogP contribution in [0.5, 0.6) is 0 Å². The molecule has 0 aliphatic heterocycles. The first kappa shape index (κ1) is 17.5. The quantitative estimate of drug-likeness (QED) is 0.766. The maximum Gasteiger partial charge on any atom is 0.241 e. The molecule has 2 atom stereocenters. The molecule has 0 bridgehead atoms. The highest BCUT2D eigenvalue weighted by molar-refractivity contribution is 7.91. The third-order valence-electron chi connectivity index (χ3n) is 3.59. The summed E-state index contributed by atoms with van der Waals surface area (Å²) in [7, 11) is 0. The Morgan fingerprint density at radius 2 is 1.83 bits per heavy atom. The molecule has 3 N–H and O–H groups in total. The first-order valence-corrected chi connectivity index (χ1v) is 9.01. The van der Waals surface area contributed by atoms with Crippen LogP contribution in [-0.4, -0.2) is 22.3 Å². The van der Waals surface area contributed by atoms with Crippen molar-refractivity contribution in [1.82, 2.24) is 0 Å². The highest BCUT2D eigenvalue weighted by Gasteiger charge is 2.18. The highest BCUT2D eigenvalue weighted by Crippen LogP contribution is 2.14. The van der Waals surface area contributed by atoms with Crippen LogP contribution in [0.15, 0.2) is 59.5 Å². The maximum absolute atomic E-state index is 12.3. The summed E-state index contributed by atoms with van der Waals surface area (Å²) in [6.45, 7) is 2.08. The van der Waals surface area contributed by atoms with Crippen LogP contribution in [0, 0.1) is 0 Å². The molecule has 2 aromatic rings. The standard InChI is InChI=1S/C18H22N2O2S/c1-2-14-8-10-16(11-9-14)23(22)13-12-17(19)18(21)20-15-6-4-3-5-7-15/h3-11,17H,2,12-13,19H2,1H3,(H,20,21). The molecule has 0 spiro atoms. The molecule has 0 aliphatic rings. The number of anilines is 1. The summed E-state index contributed by atoms with van der Waals surface area (Å²) < 4.78 is 12.3. The SMILES string of the molecule is CCc1ccc([S+]([O-])CCC(N)C(=O)Nc2ccccc2)cc1. The number of para-hydroxylation sites is 1. The lowest BCUT2D eigenvalue weighted by atomic mass is 10.2. The molecule has 1 amide bonds. The number of amides is 1. The van der Waals surface area contributed by atoms with Crippen molar-refractivity contribution in [2.24, 2.45) is 5.73 Å². The number of nitrogens with one attached hydrogen (secondary N) is 1. The van der Waals surface area contributed by atoms with E-state index in [1.165, 1.54) is 5.56 Å². The second-order valence-corrected chi connectivity index (χ2v) is 6.87. The zero-order chi connectivity index (χ0) is 16.7. The number of benzene rings is 2. The minimum Gasteiger partial charge on any atom is -0.611 e. The minimum atomic E-state index is -1.14. The Morgan fingerprint density at radius 1 is 1.17 bits per heavy atom. The van der Waals surface area contributed by atoms with E-state index in [1.54, 1.807) is 12.1 Å². The number of aryl methyl sites for hydroxylation is 1. The number of carbonyl (C=O) groups is 1. The smallest absolute Gasteiger partial charge is 0.241 e. The lowest BCUT2D eigenvalue weighted by Gasteiger charge is -2.15. The van der Waals surface area contributed by atoms with Crippen molar-refractivity contribution in [3.63, 3.8) is 0 Å². The van der Waals surface area contributed by atoms with Crippen LogP contribution in [0.25, 0.3) is 0 Å². The predicted octanol–water partition coefficient (Wildman–Crippen LogP) is 2.71. The summed E-state index contributed by atoms with van der Waals surface area (Å²) in [5, 5.41) is 2.76. The fourth-order valence-electron chi connectivity index (χ4n) is 2.12. The van der Waals surface area contributed by atoms with E-state index >= 15 is 0 Å². The Kier molecular flexibility index (Phi) is 6.65. The molecule has 2 rings (SSSR count). The van der Waals surface area contributed by atoms with Gasteiger partial charge in [0, 0.05) is 12.1 Å². The third-order valence-corrected chi connectivity index (χ3v) is 4.99. The Labute approximate surface area is 140 Å². The highest BCUT2D eigenvalue weighted by atomic mass is 32.2. The molecule has 0 heterocycles. The Bertz CT molecular complexity index is 617. The lowest BCUT2D eigenvalue weighted by molar-refractivity contribution is -0.117. The van der Waals surface area contributed by atoms with Crippen LogP contribution in [0.2, 0.25) is 0 Å². The predicted molar refractivity (Wildman–Crippen MR) is 94.8 cm³/mol. The van der Waals surface area contributed by atoms with Crippen LogP contribution in [0.3, 0.4) is 0 Å². The summed E-state index contributed by atoms with van der Waals surface area (Å²) in [5.74, 6) is 0.115. The molecule has 5 heteroatoms. The van der Waals surface area contributed by atoms with Crippen LogP contribution >= 0.6 is 0 Å². The third kappa shape index (κ3) is 5.39. The molecular formula is C18H22N2O2S. The maximum atomic E-state index is 12.3. The average molecular weight is 330 g/mol. The van der Waals surface area contributed by atoms with Gasteiger partial charge in [-0.2, -0.15) is 0 Å². The van der Waals surface area contributed by atoms with Gasteiger partial charge in [-0.3, -0.25) is 4.79 Å². The van der Waals surface area contributed by atoms with Crippen LogP contribution < -0.4 is 11.1 Å². The van der Waals surface area contributed by atoms with E-state index in [-0.39, 0.29) is 5.91 Å². The Morgan fingerprint density at radius 3 is 2.43 bits per heavy atom. The van der Waals surface area contributed by atoms with Crippen molar-refractivity contribution >= 4 is 22.8 Å². The number of rotatable bonds is 7. The first-order valence-electron chi connectivity index (χ1n) is 7.69. The Hall–Kier alpha value is -1.82. The molecule has 4 nitrogen and oxygen atoms in total. The van der Waals surface area contributed by atoms with Gasteiger partial charge in [0.05, 0.1) is 6.04 Å². The zero-order valence-corrected chi connectivity index (χ0v) is 14.0. The van der Waals surface area contributed by atoms with Crippen molar-refractivity contribution in [2.45, 2.75) is 30.7 Å². The fourth-order valence-corrected chi connectivity index (χ4v) is 3.26. The zero-order valence-electron chi connectivity index (χ0n) is 13.2. The van der Waals surface area contributed by atoms with Crippen LogP contribution in [0.4, 0.5) is 5.69 Å². The van der Waals surface area contributed by atoms with Gasteiger partial charge in [-0.25, -0.2) is 0 Å². The molecule has 0 saturated carbocycles. The summed E-state index contributed by atoms with van der Waals surface area (Å²) >= 11 is -1.14. The second kappa shape index (κ2) is 8.72. The van der Waals surface area contributed by atoms with Gasteiger partial charge >= 0.3 is 0 Å². The van der Waals surface area contributed by atoms with Gasteiger partial charge in [-0.1, -0.05) is 37.3 Å². The molecule has 0 aliphatic carbocycles. The van der Waals surface area contributed by atoms with Crippen molar-refractivity contribution in [3.05, 3.63) is 60.2 Å². The van der Waals surface area contributed by atoms with Gasteiger partial charge in [0.1, 0.15) is 5.75 Å². The van der Waals surface area contributed by atoms with Gasteiger partial charge in [0.2, 0.25) is 5.91 Å². The van der Waals surface area contributed by atoms with Gasteiger partial charge < -0.3 is 15.6 Å². The van der Waals surface area contributed by atoms with E-state index in [9.17, 15) is 9.35 Å². The van der Waals surface area contributed by atoms with Gasteiger partial charge in [-0.15, -0.1) is 0 Å². The molecule has 0 saturated heterocycles. The summed E-state index contributed by atoms with van der Waals surface area (Å²) in [5.41, 5.74) is 7.82. The van der Waals surface area contributed by atoms with Crippen LogP contribution in [-0.2, 0) is 22.4 Å². The molecule has 23 heavy (non-hydrogen) atoms. The molecule has 2 unspecified atom stereocenters. The van der Waals surface area contributed by atoms with Crippen molar-refractivity contribution < 1.29 is 9.35 Å². The van der Waals surface area contributed by atoms with E-state index in [1.807, 2.05) is 42.5 Å². The van der Waals surface area contributed by atoms with Gasteiger partial charge in [-0.05, 0) is 47.4 Å². The van der Waals surface area contributed by atoms with Crippen molar-refractivity contribution in [2.75, 3.05) is 11.1 Å². The number of hydrogen-bond acceptors (Lipinski definition) is 3. The summed E-state index contributed by atoms with van der Waals surface area (Å²) in [6, 6.07) is 16.2. The minimum absolute atomic E-state index is 0.255. The molecular weight excluding hydrogens is 308 g/mol. The Balaban J connectivity index is 1.82. The molecule has 0 aromatic heterocycles. The summed E-state index contributed by atoms with van der Waals surface area (Å²) in [4.78, 5) is 12.8. The second-order valence-electron chi connectivity index (χ2n) is 5.30. The molecule has 0 fully saturated rings. The van der Waals surface area contributed by atoms with E-state index in [4.69, 9.17) is 5.73 Å². The van der Waals surface area contributed by atoms with Crippen molar-refractivity contribution in [3.8, 4) is 0 Å². The molecule has 122 valence electrons. The van der Waals surface area contributed by atoms with Crippen LogP contribution in [0.1, 0.15) is 18.9 Å². The summed E-state index contributed by atoms with van der Waals surface area (Å²) in [6.07, 6.45) is 1.33. The monoisotopic (exact) mass is 330 g/mol. The van der Waals surface area contributed by atoms with Crippen molar-refractivity contribution in [1.29, 1.82) is 0 Å². The van der Waals surface area contributed by atoms with E-state index in [0.29, 0.717) is 17.9 Å². The van der Waals surface area contributed by atoms with Gasteiger partial charge in [0.15, 0.2) is 4.90 Å². The van der Waals surface area contributed by atoms with E-state index < -0.39 is 17.2 Å². The lowest BCUT2D eigenvalue weighted by Crippen LogP contribution is -2.37. The number of hydrogen-bond donors (Lipinski definition) is 2. The topological polar surface area (TPSA) is 78.2 Å². The first-order chi connectivity index (χ1) is 11.1. The largest absolute Gasteiger partial charge is 0.611 e. The van der Waals surface area contributed by atoms with E-state index in [2.05, 4.69) is 12.2 Å². The molecule has 2 aromatic carbocycles. The van der Waals surface area contributed by atoms with E-state index in [0.717, 1.165) is 11.3 Å². The normalized spacial score (nSPS) is 13.3.